The molecule has 0 atom stereocenters. The number of benzene rings is 6. The molecular weight excluding hydrogens is 1910 g/mol. The monoisotopic (exact) mass is 2010 g/mol. The van der Waals surface area contributed by atoms with Gasteiger partial charge >= 0.3 is 47.5 Å². The second-order valence-electron chi connectivity index (χ2n) is 27.8. The summed E-state index contributed by atoms with van der Waals surface area (Å²) in [6.07, 6.45) is 23.6. The minimum absolute atomic E-state index is 0. The summed E-state index contributed by atoms with van der Waals surface area (Å²) in [5.41, 5.74) is 10.1. The molecule has 0 bridgehead atoms. The van der Waals surface area contributed by atoms with Crippen LogP contribution in [0.15, 0.2) is 139 Å². The zero-order valence-corrected chi connectivity index (χ0v) is 79.7. The van der Waals surface area contributed by atoms with E-state index in [1.54, 1.807) is 95.8 Å². The van der Waals surface area contributed by atoms with Crippen molar-refractivity contribution in [2.45, 2.75) is 245 Å². The zero-order valence-electron chi connectivity index (χ0n) is 66.7. The molecule has 9 aromatic rings. The molecule has 8 N–H and O–H groups in total. The van der Waals surface area contributed by atoms with Crippen LogP contribution in [0.3, 0.4) is 0 Å². The Morgan fingerprint density at radius 3 is 1.17 bits per heavy atom. The van der Waals surface area contributed by atoms with Crippen molar-refractivity contribution in [2.24, 2.45) is 5.73 Å². The molecule has 13 rings (SSSR count). The number of alkyl halides is 4. The number of carboxylic acids is 1. The molecular formula is C87H107Br3Cl5F3N7NaO11S3. The number of aromatic nitrogens is 3. The van der Waals surface area contributed by atoms with Gasteiger partial charge in [-0.1, -0.05) is 212 Å². The number of aryl methyl sites for hydroxylation is 1. The maximum absolute atomic E-state index is 15.2. The van der Waals surface area contributed by atoms with E-state index in [1.807, 2.05) is 39.0 Å². The second-order valence-corrected chi connectivity index (χ2v) is 35.1. The fraction of sp³-hybridized carbons (Fsp3) is 0.437. The number of nitrogens with zero attached hydrogens (tertiary/aromatic N) is 2. The van der Waals surface area contributed by atoms with Crippen LogP contribution in [0.1, 0.15) is 205 Å². The standard InChI is InChI=1S/C26H28ClFN2O3S.C24H24ClFN2O3S.C18H15ClFNO2S.C8H14BrNO.C6H13N.C2H2Br2O.CH2Cl2.2CH4.Na.H2O/c1-3-33-26(32)17-8-7-11-19(14-17)34-25-16(2)30(24-20(25)12-13-21(27)23(24)28)15-22(31)29-18-9-5-4-6-10-18;1-14-23(32-17-9-5-6-15(12-17)24(30)31)18-10-11-19(25)21(26)22(18)28(14)13-20(29)27-16-7-3-2-4-8-16;1-3-23-18(22)11-5-4-6-12(9-11)24-17-10(2)21-16-13(17)7-8-14(19)15(16)20;9-6-8(11)10-7-4-2-1-3-5-7;7-6-4-2-1-3-5-6;3-1-2(4)5;2-1-3;;;;/h7-8,11-14,18H,3-6,9-10,15H2,1-2H3,(H,29,31);5-6,9-12,16H,2-4,7-8,13H2,1H3,(H,27,29)(H,30,31);4-9,21H,3H2,1-2H3;7H,1-6H2,(H,10,11);6H,1-5,7H2;1H2;1H2;2*1H4;;1H2/q;;;;;;;;;+1;/p-1. The minimum atomic E-state index is -1.01. The molecule has 0 spiro atoms. The number of amides is 3. The Balaban J connectivity index is 0.000000401. The van der Waals surface area contributed by atoms with Crippen LogP contribution in [0.2, 0.25) is 15.1 Å². The third-order valence-corrected chi connectivity index (χ3v) is 26.0. The molecule has 3 heterocycles. The molecule has 0 radical (unpaired) electrons. The Morgan fingerprint density at radius 1 is 0.508 bits per heavy atom. The molecule has 4 fully saturated rings. The summed E-state index contributed by atoms with van der Waals surface area (Å²) < 4.78 is 57.9. The summed E-state index contributed by atoms with van der Waals surface area (Å²) in [4.78, 5) is 89.6. The van der Waals surface area contributed by atoms with Crippen molar-refractivity contribution >= 4 is 214 Å². The van der Waals surface area contributed by atoms with E-state index < -0.39 is 23.4 Å². The van der Waals surface area contributed by atoms with E-state index in [4.69, 9.17) is 73.2 Å². The molecule has 4 aliphatic rings. The van der Waals surface area contributed by atoms with E-state index in [0.29, 0.717) is 73.8 Å². The smallest absolute Gasteiger partial charge is 0.870 e. The fourth-order valence-corrected chi connectivity index (χ4v) is 17.7. The molecule has 3 aromatic heterocycles. The predicted molar refractivity (Wildman–Crippen MR) is 491 cm³/mol. The summed E-state index contributed by atoms with van der Waals surface area (Å²) in [5.74, 6) is -3.48. The Kier molecular flexibility index (Phi) is 51.8. The zero-order chi connectivity index (χ0) is 84.5. The average molecular weight is 2020 g/mol. The summed E-state index contributed by atoms with van der Waals surface area (Å²) >= 11 is 40.5. The summed E-state index contributed by atoms with van der Waals surface area (Å²) in [5, 5.41) is 21.7. The van der Waals surface area contributed by atoms with Crippen molar-refractivity contribution in [1.82, 2.24) is 30.1 Å². The third kappa shape index (κ3) is 33.4. The quantitative estimate of drug-likeness (QED) is 0.0179. The number of aromatic amines is 1. The van der Waals surface area contributed by atoms with Gasteiger partial charge in [0, 0.05) is 86.8 Å². The number of hydrogen-bond donors (Lipinski definition) is 6. The topological polar surface area (TPSA) is 276 Å². The van der Waals surface area contributed by atoms with Gasteiger partial charge in [-0.25, -0.2) is 27.6 Å². The van der Waals surface area contributed by atoms with E-state index >= 15 is 8.78 Å². The number of carbonyl (C=O) groups excluding carboxylic acids is 6. The molecule has 18 nitrogen and oxygen atoms in total. The van der Waals surface area contributed by atoms with Gasteiger partial charge in [-0.2, -0.15) is 0 Å². The maximum atomic E-state index is 15.2. The number of nitrogens with one attached hydrogen (secondary N) is 4. The number of ether oxygens (including phenoxy) is 2. The number of fused-ring (bicyclic) bond motifs is 3. The molecule has 33 heteroatoms. The number of nitrogens with two attached hydrogens (primary N) is 1. The average Bonchev–Trinajstić information content (AvgIpc) is 1.61. The van der Waals surface area contributed by atoms with Gasteiger partial charge in [-0.05, 0) is 193 Å². The number of carbonyl (C=O) groups is 7. The van der Waals surface area contributed by atoms with Crippen LogP contribution < -0.4 is 51.2 Å². The van der Waals surface area contributed by atoms with Crippen LogP contribution in [0.4, 0.5) is 13.2 Å². The largest absolute Gasteiger partial charge is 1.00 e. The van der Waals surface area contributed by atoms with E-state index in [0.717, 1.165) is 98.3 Å². The molecule has 0 unspecified atom stereocenters. The summed E-state index contributed by atoms with van der Waals surface area (Å²) in [6, 6.07) is 32.1. The Morgan fingerprint density at radius 2 is 0.833 bits per heavy atom. The first kappa shape index (κ1) is 109. The first-order chi connectivity index (χ1) is 55.6. The van der Waals surface area contributed by atoms with Crippen LogP contribution in [0.25, 0.3) is 32.7 Å². The molecule has 4 aliphatic carbocycles. The predicted octanol–water partition coefficient (Wildman–Crippen LogP) is 22.1. The number of carboxylic acid groups (broad SMARTS) is 1. The number of rotatable bonds is 20. The van der Waals surface area contributed by atoms with Crippen LogP contribution >= 0.6 is 141 Å². The number of H-pyrrole nitrogens is 1. The number of aromatic carboxylic acids is 1. The molecule has 6 aromatic carbocycles. The molecule has 120 heavy (non-hydrogen) atoms. The van der Waals surface area contributed by atoms with E-state index in [-0.39, 0.29) is 141 Å². The fourth-order valence-electron chi connectivity index (χ4n) is 13.9. The van der Waals surface area contributed by atoms with Gasteiger partial charge in [0.25, 0.3) is 0 Å². The molecule has 0 saturated heterocycles. The first-order valence-electron chi connectivity index (χ1n) is 38.5. The van der Waals surface area contributed by atoms with Crippen LogP contribution in [0.5, 0.6) is 0 Å². The van der Waals surface area contributed by atoms with Gasteiger partial charge in [-0.3, -0.25) is 19.2 Å². The third-order valence-electron chi connectivity index (χ3n) is 19.4. The number of halogens is 11. The first-order valence-corrected chi connectivity index (χ1v) is 46.2. The summed E-state index contributed by atoms with van der Waals surface area (Å²) in [6.45, 7) is 9.76. The van der Waals surface area contributed by atoms with Crippen molar-refractivity contribution in [3.8, 4) is 0 Å². The van der Waals surface area contributed by atoms with E-state index in [2.05, 4.69) is 68.7 Å². The van der Waals surface area contributed by atoms with Crippen LogP contribution in [0, 0.1) is 38.2 Å². The van der Waals surface area contributed by atoms with Crippen molar-refractivity contribution in [2.75, 3.05) is 29.2 Å². The SMILES string of the molecule is C.C.CCOC(=O)c1cccc(Sc2c(C)[nH]c3c(F)c(Cl)ccc23)c1.CCOC(=O)c1cccc(Sc2c(C)n(CC(=O)NC3CCCCC3)c3c(F)c(Cl)ccc23)c1.Cc1c(Sc2cccc(C(=O)O)c2)c2ccc(Cl)c(F)c2n1CC(=O)NC1CCCCC1.ClCCl.NC1CCCCC1.O=C(Br)CBr.O=C(CBr)NC1CCCCC1.[Na+].[OH-]. The van der Waals surface area contributed by atoms with Crippen LogP contribution in [-0.2, 0) is 41.7 Å². The van der Waals surface area contributed by atoms with E-state index in [1.165, 1.54) is 131 Å². The van der Waals surface area contributed by atoms with Gasteiger partial charge in [0.2, 0.25) is 22.4 Å². The Labute approximate surface area is 787 Å². The Bertz CT molecular complexity index is 4820. The van der Waals surface area contributed by atoms with Gasteiger partial charge in [0.05, 0.1) is 77.5 Å². The normalized spacial score (nSPS) is 13.9. The molecule has 652 valence electrons. The molecule has 4 saturated carbocycles. The van der Waals surface area contributed by atoms with E-state index in [9.17, 15) is 43.1 Å². The van der Waals surface area contributed by atoms with Crippen LogP contribution in [-0.4, -0.2) is 118 Å². The maximum Gasteiger partial charge on any atom is 1.00 e. The van der Waals surface area contributed by atoms with Gasteiger partial charge in [0.15, 0.2) is 17.5 Å². The van der Waals surface area contributed by atoms with Gasteiger partial charge in [-0.15, -0.1) is 23.2 Å². The molecule has 0 aliphatic heterocycles. The van der Waals surface area contributed by atoms with Crippen molar-refractivity contribution < 1.29 is 96.3 Å². The van der Waals surface area contributed by atoms with Crippen molar-refractivity contribution in [1.29, 1.82) is 0 Å². The number of esters is 2. The Hall–Kier alpha value is -4.92. The van der Waals surface area contributed by atoms with Gasteiger partial charge < -0.3 is 55.9 Å². The van der Waals surface area contributed by atoms with Gasteiger partial charge in [0.1, 0.15) is 13.1 Å². The second kappa shape index (κ2) is 56.9. The minimum Gasteiger partial charge on any atom is -0.870 e. The molecule has 3 amide bonds. The van der Waals surface area contributed by atoms with Crippen molar-refractivity contribution in [3.05, 3.63) is 175 Å². The number of hydrogen-bond acceptors (Lipinski definition) is 14. The summed E-state index contributed by atoms with van der Waals surface area (Å²) in [7, 11) is 0. The van der Waals surface area contributed by atoms with Crippen molar-refractivity contribution in [3.63, 3.8) is 0 Å².